The second-order valence-electron chi connectivity index (χ2n) is 7.14. The molecule has 4 aromatic rings. The number of thiazole rings is 1. The number of aromatic nitrogens is 3. The number of hydrogen-bond donors (Lipinski definition) is 1. The van der Waals surface area contributed by atoms with Gasteiger partial charge >= 0.3 is 5.97 Å². The minimum absolute atomic E-state index is 0.0370. The van der Waals surface area contributed by atoms with Crippen LogP contribution in [0, 0.1) is 0 Å². The molecule has 0 aliphatic rings. The minimum Gasteiger partial charge on any atom is -0.493 e. The van der Waals surface area contributed by atoms with Crippen molar-refractivity contribution in [1.82, 2.24) is 15.0 Å². The Bertz CT molecular complexity index is 1340. The standard InChI is InChI=1S/C24H22N4O5S/c1-4-19(33-23(30)17-12-25-15-7-5-6-8-16(15)26-17)22(29)28-24-27-18(13-34-24)14-9-10-20(31-2)21(11-14)32-3/h5-13,19H,4H2,1-3H3,(H,27,28,29). The number of esters is 1. The van der Waals surface area contributed by atoms with Crippen LogP contribution in [-0.4, -0.2) is 47.2 Å². The Kier molecular flexibility index (Phi) is 6.98. The topological polar surface area (TPSA) is 113 Å². The molecule has 0 radical (unpaired) electrons. The van der Waals surface area contributed by atoms with E-state index in [0.29, 0.717) is 33.4 Å². The second kappa shape index (κ2) is 10.3. The van der Waals surface area contributed by atoms with Crippen molar-refractivity contribution in [3.05, 3.63) is 59.7 Å². The Morgan fingerprint density at radius 2 is 1.79 bits per heavy atom. The van der Waals surface area contributed by atoms with E-state index in [1.54, 1.807) is 51.5 Å². The molecule has 0 saturated carbocycles. The van der Waals surface area contributed by atoms with E-state index in [1.807, 2.05) is 17.5 Å². The molecule has 1 atom stereocenters. The van der Waals surface area contributed by atoms with Gasteiger partial charge in [-0.15, -0.1) is 11.3 Å². The number of amides is 1. The third kappa shape index (κ3) is 4.96. The monoisotopic (exact) mass is 478 g/mol. The van der Waals surface area contributed by atoms with E-state index < -0.39 is 18.0 Å². The van der Waals surface area contributed by atoms with Gasteiger partial charge < -0.3 is 14.2 Å². The number of anilines is 1. The Labute approximate surface area is 199 Å². The quantitative estimate of drug-likeness (QED) is 0.372. The summed E-state index contributed by atoms with van der Waals surface area (Å²) in [7, 11) is 3.13. The van der Waals surface area contributed by atoms with Gasteiger partial charge in [-0.25, -0.2) is 14.8 Å². The van der Waals surface area contributed by atoms with Crippen molar-refractivity contribution in [2.24, 2.45) is 0 Å². The lowest BCUT2D eigenvalue weighted by Crippen LogP contribution is -2.32. The zero-order valence-corrected chi connectivity index (χ0v) is 19.6. The number of benzene rings is 2. The van der Waals surface area contributed by atoms with Crippen LogP contribution in [0.1, 0.15) is 23.8 Å². The molecule has 0 fully saturated rings. The normalized spacial score (nSPS) is 11.6. The smallest absolute Gasteiger partial charge is 0.359 e. The molecule has 0 spiro atoms. The van der Waals surface area contributed by atoms with Gasteiger partial charge in [0.25, 0.3) is 5.91 Å². The van der Waals surface area contributed by atoms with Crippen LogP contribution in [0.2, 0.25) is 0 Å². The molecule has 2 aromatic heterocycles. The first-order valence-corrected chi connectivity index (χ1v) is 11.3. The first kappa shape index (κ1) is 23.1. The summed E-state index contributed by atoms with van der Waals surface area (Å²) in [6.45, 7) is 1.75. The van der Waals surface area contributed by atoms with Crippen LogP contribution < -0.4 is 14.8 Å². The van der Waals surface area contributed by atoms with Crippen LogP contribution in [0.5, 0.6) is 11.5 Å². The van der Waals surface area contributed by atoms with Gasteiger partial charge in [0.2, 0.25) is 0 Å². The van der Waals surface area contributed by atoms with Crippen LogP contribution >= 0.6 is 11.3 Å². The summed E-state index contributed by atoms with van der Waals surface area (Å²) in [5.74, 6) is -0.00438. The number of nitrogens with zero attached hydrogens (tertiary/aromatic N) is 3. The van der Waals surface area contributed by atoms with Crippen LogP contribution in [0.25, 0.3) is 22.3 Å². The second-order valence-corrected chi connectivity index (χ2v) is 8.00. The van der Waals surface area contributed by atoms with Gasteiger partial charge in [-0.05, 0) is 36.8 Å². The van der Waals surface area contributed by atoms with Crippen molar-refractivity contribution < 1.29 is 23.8 Å². The first-order valence-electron chi connectivity index (χ1n) is 10.4. The van der Waals surface area contributed by atoms with Crippen LogP contribution in [0.4, 0.5) is 5.13 Å². The number of nitrogens with one attached hydrogen (secondary N) is 1. The fourth-order valence-corrected chi connectivity index (χ4v) is 3.94. The highest BCUT2D eigenvalue weighted by molar-refractivity contribution is 7.14. The number of hydrogen-bond acceptors (Lipinski definition) is 9. The van der Waals surface area contributed by atoms with E-state index in [1.165, 1.54) is 17.5 Å². The molecule has 2 heterocycles. The Balaban J connectivity index is 1.44. The summed E-state index contributed by atoms with van der Waals surface area (Å²) in [4.78, 5) is 38.3. The van der Waals surface area contributed by atoms with Crippen LogP contribution in [-0.2, 0) is 9.53 Å². The predicted octanol–water partition coefficient (Wildman–Crippen LogP) is 4.34. The van der Waals surface area contributed by atoms with Crippen molar-refractivity contribution in [2.75, 3.05) is 19.5 Å². The molecule has 9 nitrogen and oxygen atoms in total. The van der Waals surface area contributed by atoms with Crippen molar-refractivity contribution >= 4 is 39.4 Å². The molecule has 0 bridgehead atoms. The lowest BCUT2D eigenvalue weighted by molar-refractivity contribution is -0.124. The molecule has 34 heavy (non-hydrogen) atoms. The third-order valence-electron chi connectivity index (χ3n) is 4.98. The highest BCUT2D eigenvalue weighted by Gasteiger charge is 2.24. The average molecular weight is 479 g/mol. The Morgan fingerprint density at radius 3 is 2.53 bits per heavy atom. The zero-order valence-electron chi connectivity index (χ0n) is 18.8. The van der Waals surface area contributed by atoms with Gasteiger partial charge in [-0.2, -0.15) is 0 Å². The Morgan fingerprint density at radius 1 is 1.03 bits per heavy atom. The summed E-state index contributed by atoms with van der Waals surface area (Å²) in [5, 5.41) is 4.92. The maximum Gasteiger partial charge on any atom is 0.359 e. The van der Waals surface area contributed by atoms with Gasteiger partial charge in [0.1, 0.15) is 0 Å². The molecule has 4 rings (SSSR count). The van der Waals surface area contributed by atoms with Gasteiger partial charge in [0.15, 0.2) is 28.4 Å². The summed E-state index contributed by atoms with van der Waals surface area (Å²) in [6.07, 6.45) is 0.618. The summed E-state index contributed by atoms with van der Waals surface area (Å²) in [5.41, 5.74) is 2.74. The van der Waals surface area contributed by atoms with Crippen LogP contribution in [0.3, 0.4) is 0 Å². The highest BCUT2D eigenvalue weighted by Crippen LogP contribution is 2.33. The van der Waals surface area contributed by atoms with E-state index in [0.717, 1.165) is 5.56 Å². The highest BCUT2D eigenvalue weighted by atomic mass is 32.1. The lowest BCUT2D eigenvalue weighted by Gasteiger charge is -2.14. The van der Waals surface area contributed by atoms with E-state index in [2.05, 4.69) is 20.3 Å². The average Bonchev–Trinajstić information content (AvgIpc) is 3.34. The maximum atomic E-state index is 12.8. The number of ether oxygens (including phenoxy) is 3. The Hall–Kier alpha value is -4.05. The molecule has 174 valence electrons. The van der Waals surface area contributed by atoms with Gasteiger partial charge in [-0.1, -0.05) is 19.1 Å². The molecular weight excluding hydrogens is 456 g/mol. The van der Waals surface area contributed by atoms with Crippen molar-refractivity contribution in [2.45, 2.75) is 19.4 Å². The molecule has 1 N–H and O–H groups in total. The zero-order chi connectivity index (χ0) is 24.1. The van der Waals surface area contributed by atoms with Gasteiger partial charge in [0, 0.05) is 10.9 Å². The number of fused-ring (bicyclic) bond motifs is 1. The molecule has 2 aromatic carbocycles. The fraction of sp³-hybridized carbons (Fsp3) is 0.208. The van der Waals surface area contributed by atoms with Gasteiger partial charge in [-0.3, -0.25) is 15.1 Å². The van der Waals surface area contributed by atoms with E-state index >= 15 is 0 Å². The van der Waals surface area contributed by atoms with E-state index in [4.69, 9.17) is 14.2 Å². The third-order valence-corrected chi connectivity index (χ3v) is 5.74. The van der Waals surface area contributed by atoms with Crippen molar-refractivity contribution in [3.63, 3.8) is 0 Å². The molecule has 0 aliphatic heterocycles. The maximum absolute atomic E-state index is 12.8. The molecule has 1 amide bonds. The van der Waals surface area contributed by atoms with Crippen LogP contribution in [0.15, 0.2) is 54.0 Å². The summed E-state index contributed by atoms with van der Waals surface area (Å²) in [6, 6.07) is 12.6. The number of carbonyl (C=O) groups is 2. The lowest BCUT2D eigenvalue weighted by atomic mass is 10.1. The summed E-state index contributed by atoms with van der Waals surface area (Å²) < 4.78 is 16.0. The summed E-state index contributed by atoms with van der Waals surface area (Å²) >= 11 is 1.26. The SMILES string of the molecule is CCC(OC(=O)c1cnc2ccccc2n1)C(=O)Nc1nc(-c2ccc(OC)c(OC)c2)cs1. The van der Waals surface area contributed by atoms with Crippen molar-refractivity contribution in [1.29, 1.82) is 0 Å². The number of para-hydroxylation sites is 2. The predicted molar refractivity (Wildman–Crippen MR) is 128 cm³/mol. The molecule has 10 heteroatoms. The molecule has 0 saturated heterocycles. The molecular formula is C24H22N4O5S. The van der Waals surface area contributed by atoms with Gasteiger partial charge in [0.05, 0.1) is 37.1 Å². The number of rotatable bonds is 8. The molecule has 1 unspecified atom stereocenters. The number of carbonyl (C=O) groups excluding carboxylic acids is 2. The minimum atomic E-state index is -1.01. The van der Waals surface area contributed by atoms with E-state index in [9.17, 15) is 9.59 Å². The fourth-order valence-electron chi connectivity index (χ4n) is 3.21. The largest absolute Gasteiger partial charge is 0.493 e. The molecule has 0 aliphatic carbocycles. The van der Waals surface area contributed by atoms with E-state index in [-0.39, 0.29) is 12.1 Å². The first-order chi connectivity index (χ1) is 16.5. The van der Waals surface area contributed by atoms with Crippen molar-refractivity contribution in [3.8, 4) is 22.8 Å². The number of methoxy groups -OCH3 is 2.